The van der Waals surface area contributed by atoms with E-state index in [4.69, 9.17) is 11.6 Å². The third-order valence-electron chi connectivity index (χ3n) is 8.80. The number of rotatable bonds is 12. The highest BCUT2D eigenvalue weighted by atomic mass is 35.5. The number of Topliss-reactive ketones (excluding diaryl/α,β-unsaturated/α-hetero) is 1. The number of aryl methyl sites for hydroxylation is 1. The Morgan fingerprint density at radius 2 is 1.39 bits per heavy atom. The van der Waals surface area contributed by atoms with Crippen LogP contribution in [0.4, 0.5) is 5.69 Å². The average molecular weight is 691 g/mol. The van der Waals surface area contributed by atoms with Gasteiger partial charge in [-0.1, -0.05) is 134 Å². The molecule has 49 heavy (non-hydrogen) atoms. The van der Waals surface area contributed by atoms with Crippen molar-refractivity contribution in [2.24, 2.45) is 0 Å². The summed E-state index contributed by atoms with van der Waals surface area (Å²) in [5.41, 5.74) is 9.72. The second kappa shape index (κ2) is 15.9. The number of anilines is 1. The van der Waals surface area contributed by atoms with E-state index in [1.165, 1.54) is 5.56 Å². The number of hydrogen-bond acceptors (Lipinski definition) is 4. The van der Waals surface area contributed by atoms with Gasteiger partial charge in [-0.3, -0.25) is 13.8 Å². The number of halogens is 1. The van der Waals surface area contributed by atoms with Crippen LogP contribution < -0.4 is 5.32 Å². The van der Waals surface area contributed by atoms with Gasteiger partial charge in [-0.05, 0) is 94.0 Å². The summed E-state index contributed by atoms with van der Waals surface area (Å²) < 4.78 is 21.7. The topological polar surface area (TPSA) is 86.3 Å². The van der Waals surface area contributed by atoms with Crippen LogP contribution in [0.25, 0.3) is 22.3 Å². The first kappa shape index (κ1) is 35.9. The number of ketones is 1. The smallest absolute Gasteiger partial charge is 0.232 e. The summed E-state index contributed by atoms with van der Waals surface area (Å²) in [6.07, 6.45) is 0.882. The highest BCUT2D eigenvalue weighted by Crippen LogP contribution is 2.31. The standard InChI is InChI=1S/C42H42ClNO4S/c1-28-26-36(43)21-24-38(28)32-17-22-37(23-18-32)44-41(46)39(27-29-7-9-34(10-8-29)40(45)6-5-25-49(47)48)33-13-11-30(12-14-33)31-15-19-35(20-16-31)42(2,3)4/h7-24,26,39H,5-6,25,27H2,1-4H3,(H,44,46)(H,47,48)/p-1/t39-/m1/s1. The van der Waals surface area contributed by atoms with E-state index in [2.05, 4.69) is 62.5 Å². The molecule has 0 heterocycles. The number of hydrogen-bond donors (Lipinski definition) is 1. The van der Waals surface area contributed by atoms with Crippen molar-refractivity contribution in [3.05, 3.63) is 148 Å². The van der Waals surface area contributed by atoms with Crippen LogP contribution in [-0.2, 0) is 27.7 Å². The third kappa shape index (κ3) is 9.63. The minimum Gasteiger partial charge on any atom is -0.772 e. The van der Waals surface area contributed by atoms with Gasteiger partial charge >= 0.3 is 0 Å². The lowest BCUT2D eigenvalue weighted by molar-refractivity contribution is -0.117. The normalized spacial score (nSPS) is 12.7. The molecule has 0 saturated carbocycles. The molecule has 1 amide bonds. The molecule has 0 aromatic heterocycles. The van der Waals surface area contributed by atoms with Gasteiger partial charge < -0.3 is 9.87 Å². The zero-order chi connectivity index (χ0) is 35.1. The maximum atomic E-state index is 14.0. The van der Waals surface area contributed by atoms with Gasteiger partial charge in [-0.15, -0.1) is 0 Å². The number of amides is 1. The summed E-state index contributed by atoms with van der Waals surface area (Å²) >= 11 is 3.99. The Bertz CT molecular complexity index is 1930. The van der Waals surface area contributed by atoms with Gasteiger partial charge in [0.25, 0.3) is 0 Å². The monoisotopic (exact) mass is 690 g/mol. The Morgan fingerprint density at radius 1 is 0.796 bits per heavy atom. The molecule has 1 unspecified atom stereocenters. The Morgan fingerprint density at radius 3 is 1.96 bits per heavy atom. The van der Waals surface area contributed by atoms with Crippen LogP contribution in [0.5, 0.6) is 0 Å². The molecule has 0 spiro atoms. The quantitative estimate of drug-likeness (QED) is 0.104. The van der Waals surface area contributed by atoms with Crippen molar-refractivity contribution in [3.8, 4) is 22.3 Å². The van der Waals surface area contributed by atoms with Crippen LogP contribution >= 0.6 is 11.6 Å². The van der Waals surface area contributed by atoms with Crippen LogP contribution in [0.2, 0.25) is 5.02 Å². The molecular weight excluding hydrogens is 650 g/mol. The van der Waals surface area contributed by atoms with Crippen LogP contribution in [0, 0.1) is 6.92 Å². The summed E-state index contributed by atoms with van der Waals surface area (Å²) in [5.74, 6) is -0.771. The Labute approximate surface area is 297 Å². The summed E-state index contributed by atoms with van der Waals surface area (Å²) in [6.45, 7) is 8.62. The molecule has 0 fully saturated rings. The first-order valence-electron chi connectivity index (χ1n) is 16.4. The zero-order valence-electron chi connectivity index (χ0n) is 28.3. The molecule has 7 heteroatoms. The SMILES string of the molecule is Cc1cc(Cl)ccc1-c1ccc(NC(=O)[C@H](Cc2ccc(C(=O)CCCS(=O)[O-])cc2)c2ccc(-c3ccc(C(C)(C)C)cc3)cc2)cc1. The highest BCUT2D eigenvalue weighted by molar-refractivity contribution is 7.79. The molecule has 5 aromatic carbocycles. The van der Waals surface area contributed by atoms with Crippen LogP contribution in [0.1, 0.15) is 72.1 Å². The average Bonchev–Trinajstić information content (AvgIpc) is 3.07. The van der Waals surface area contributed by atoms with Gasteiger partial charge in [0.15, 0.2) is 5.78 Å². The van der Waals surface area contributed by atoms with Gasteiger partial charge in [0.2, 0.25) is 5.91 Å². The van der Waals surface area contributed by atoms with Crippen molar-refractivity contribution in [1.29, 1.82) is 0 Å². The van der Waals surface area contributed by atoms with Crippen LogP contribution in [0.15, 0.2) is 115 Å². The fraction of sp³-hybridized carbons (Fsp3) is 0.238. The lowest BCUT2D eigenvalue weighted by Gasteiger charge is -2.20. The Hall–Kier alpha value is -4.36. The number of nitrogens with one attached hydrogen (secondary N) is 1. The van der Waals surface area contributed by atoms with Crippen molar-refractivity contribution in [1.82, 2.24) is 0 Å². The summed E-state index contributed by atoms with van der Waals surface area (Å²) in [7, 11) is 0. The van der Waals surface area contributed by atoms with E-state index in [0.717, 1.165) is 38.9 Å². The first-order chi connectivity index (χ1) is 23.4. The summed E-state index contributed by atoms with van der Waals surface area (Å²) in [5, 5.41) is 3.82. The molecule has 0 aliphatic carbocycles. The maximum Gasteiger partial charge on any atom is 0.232 e. The molecular formula is C42H41ClNO4S-. The molecule has 1 N–H and O–H groups in total. The second-order valence-electron chi connectivity index (χ2n) is 13.5. The van der Waals surface area contributed by atoms with Crippen molar-refractivity contribution in [3.63, 3.8) is 0 Å². The predicted molar refractivity (Wildman–Crippen MR) is 201 cm³/mol. The fourth-order valence-corrected chi connectivity index (χ4v) is 6.51. The van der Waals surface area contributed by atoms with Crippen LogP contribution in [-0.4, -0.2) is 26.2 Å². The molecule has 0 saturated heterocycles. The van der Waals surface area contributed by atoms with E-state index in [9.17, 15) is 18.4 Å². The molecule has 252 valence electrons. The van der Waals surface area contributed by atoms with E-state index in [0.29, 0.717) is 22.7 Å². The Kier molecular flexibility index (Phi) is 11.7. The molecule has 2 atom stereocenters. The second-order valence-corrected chi connectivity index (χ2v) is 14.9. The molecule has 5 rings (SSSR count). The van der Waals surface area contributed by atoms with Crippen molar-refractivity contribution < 1.29 is 18.4 Å². The molecule has 5 nitrogen and oxygen atoms in total. The Balaban J connectivity index is 1.37. The number of benzene rings is 5. The molecule has 0 bridgehead atoms. The minimum absolute atomic E-state index is 0.0366. The molecule has 5 aromatic rings. The molecule has 0 aliphatic rings. The van der Waals surface area contributed by atoms with E-state index in [1.807, 2.05) is 73.7 Å². The van der Waals surface area contributed by atoms with Gasteiger partial charge in [0, 0.05) is 28.4 Å². The lowest BCUT2D eigenvalue weighted by atomic mass is 9.86. The lowest BCUT2D eigenvalue weighted by Crippen LogP contribution is -2.23. The number of carbonyl (C=O) groups is 2. The van der Waals surface area contributed by atoms with Gasteiger partial charge in [0.1, 0.15) is 0 Å². The van der Waals surface area contributed by atoms with E-state index in [1.54, 1.807) is 12.1 Å². The van der Waals surface area contributed by atoms with E-state index in [-0.39, 0.29) is 35.7 Å². The van der Waals surface area contributed by atoms with Crippen molar-refractivity contribution in [2.75, 3.05) is 11.1 Å². The first-order valence-corrected chi connectivity index (χ1v) is 18.1. The van der Waals surface area contributed by atoms with Gasteiger partial charge in [-0.25, -0.2) is 0 Å². The van der Waals surface area contributed by atoms with E-state index < -0.39 is 17.0 Å². The van der Waals surface area contributed by atoms with Gasteiger partial charge in [0.05, 0.1) is 5.92 Å². The largest absolute Gasteiger partial charge is 0.772 e. The zero-order valence-corrected chi connectivity index (χ0v) is 29.9. The van der Waals surface area contributed by atoms with E-state index >= 15 is 0 Å². The molecule has 0 aliphatic heterocycles. The van der Waals surface area contributed by atoms with Gasteiger partial charge in [-0.2, -0.15) is 0 Å². The van der Waals surface area contributed by atoms with Crippen molar-refractivity contribution >= 4 is 40.1 Å². The third-order valence-corrected chi connectivity index (χ3v) is 9.65. The summed E-state index contributed by atoms with van der Waals surface area (Å²) in [6, 6.07) is 37.6. The van der Waals surface area contributed by atoms with Crippen molar-refractivity contribution in [2.45, 2.75) is 58.3 Å². The van der Waals surface area contributed by atoms with Crippen LogP contribution in [0.3, 0.4) is 0 Å². The highest BCUT2D eigenvalue weighted by Gasteiger charge is 2.22. The number of carbonyl (C=O) groups excluding carboxylic acids is 2. The fourth-order valence-electron chi connectivity index (χ4n) is 5.90. The summed E-state index contributed by atoms with van der Waals surface area (Å²) in [4.78, 5) is 26.6. The predicted octanol–water partition coefficient (Wildman–Crippen LogP) is 10.1. The molecule has 0 radical (unpaired) electrons. The minimum atomic E-state index is -2.16. The maximum absolute atomic E-state index is 14.0.